The summed E-state index contributed by atoms with van der Waals surface area (Å²) in [5.41, 5.74) is 8.07. The van der Waals surface area contributed by atoms with Crippen molar-refractivity contribution in [3.05, 3.63) is 101 Å². The Balaban J connectivity index is 1.97. The van der Waals surface area contributed by atoms with Gasteiger partial charge >= 0.3 is 0 Å². The molecule has 3 N–H and O–H groups in total. The molecule has 3 aromatic rings. The normalized spacial score (nSPS) is 13.9. The largest absolute Gasteiger partial charge is 0.322 e. The summed E-state index contributed by atoms with van der Waals surface area (Å²) in [6, 6.07) is 23.6. The fourth-order valence-corrected chi connectivity index (χ4v) is 4.10. The van der Waals surface area contributed by atoms with Crippen molar-refractivity contribution in [2.24, 2.45) is 5.73 Å². The van der Waals surface area contributed by atoms with E-state index in [0.29, 0.717) is 5.02 Å². The molecule has 0 radical (unpaired) electrons. The van der Waals surface area contributed by atoms with Crippen LogP contribution in [0.2, 0.25) is 5.02 Å². The zero-order chi connectivity index (χ0) is 18.6. The molecule has 3 rings (SSSR count). The summed E-state index contributed by atoms with van der Waals surface area (Å²) in [6.07, 6.45) is 0. The summed E-state index contributed by atoms with van der Waals surface area (Å²) < 4.78 is 28.5. The third kappa shape index (κ3) is 4.31. The van der Waals surface area contributed by atoms with Gasteiger partial charge in [0.2, 0.25) is 10.0 Å². The van der Waals surface area contributed by atoms with Crippen molar-refractivity contribution >= 4 is 21.6 Å². The molecule has 0 amide bonds. The van der Waals surface area contributed by atoms with Gasteiger partial charge in [-0.2, -0.15) is 0 Å². The lowest BCUT2D eigenvalue weighted by Crippen LogP contribution is -2.36. The first-order valence-corrected chi connectivity index (χ1v) is 9.97. The van der Waals surface area contributed by atoms with E-state index in [1.54, 1.807) is 12.1 Å². The Morgan fingerprint density at radius 1 is 0.769 bits per heavy atom. The van der Waals surface area contributed by atoms with Gasteiger partial charge in [-0.1, -0.05) is 72.3 Å². The maximum atomic E-state index is 12.9. The molecule has 6 heteroatoms. The van der Waals surface area contributed by atoms with Gasteiger partial charge in [-0.15, -0.1) is 0 Å². The standard InChI is InChI=1S/C20H19ClN2O2S/c21-17-11-13-18(14-12-17)26(24,25)23-20(16-9-5-2-6-10-16)19(22)15-7-3-1-4-8-15/h1-14,19-20,23H,22H2/t19-,20-/m1/s1. The van der Waals surface area contributed by atoms with E-state index in [1.165, 1.54) is 12.1 Å². The van der Waals surface area contributed by atoms with Crippen LogP contribution in [0.5, 0.6) is 0 Å². The summed E-state index contributed by atoms with van der Waals surface area (Å²) in [6.45, 7) is 0. The average Bonchev–Trinajstić information content (AvgIpc) is 2.67. The first-order valence-electron chi connectivity index (χ1n) is 8.11. The van der Waals surface area contributed by atoms with Crippen LogP contribution >= 0.6 is 11.6 Å². The van der Waals surface area contributed by atoms with Crippen LogP contribution in [0.3, 0.4) is 0 Å². The molecular weight excluding hydrogens is 368 g/mol. The molecule has 0 aliphatic rings. The molecule has 134 valence electrons. The monoisotopic (exact) mass is 386 g/mol. The van der Waals surface area contributed by atoms with Crippen molar-refractivity contribution in [3.63, 3.8) is 0 Å². The Hall–Kier alpha value is -2.18. The van der Waals surface area contributed by atoms with Crippen LogP contribution in [0, 0.1) is 0 Å². The lowest BCUT2D eigenvalue weighted by molar-refractivity contribution is 0.504. The molecule has 0 heterocycles. The minimum absolute atomic E-state index is 0.142. The minimum Gasteiger partial charge on any atom is -0.322 e. The Labute approximate surface area is 158 Å². The highest BCUT2D eigenvalue weighted by Gasteiger charge is 2.27. The van der Waals surface area contributed by atoms with Crippen molar-refractivity contribution in [2.45, 2.75) is 17.0 Å². The highest BCUT2D eigenvalue weighted by atomic mass is 35.5. The Morgan fingerprint density at radius 3 is 1.81 bits per heavy atom. The predicted octanol–water partition coefficient (Wildman–Crippen LogP) is 4.06. The van der Waals surface area contributed by atoms with Crippen LogP contribution in [0.4, 0.5) is 0 Å². The smallest absolute Gasteiger partial charge is 0.241 e. The number of rotatable bonds is 6. The van der Waals surface area contributed by atoms with Gasteiger partial charge in [0, 0.05) is 5.02 Å². The second-order valence-corrected chi connectivity index (χ2v) is 8.05. The van der Waals surface area contributed by atoms with Crippen molar-refractivity contribution in [2.75, 3.05) is 0 Å². The Kier molecular flexibility index (Phi) is 5.74. The van der Waals surface area contributed by atoms with Crippen LogP contribution in [0.25, 0.3) is 0 Å². The van der Waals surface area contributed by atoms with Crippen LogP contribution in [-0.2, 0) is 10.0 Å². The molecule has 0 saturated heterocycles. The molecule has 0 spiro atoms. The lowest BCUT2D eigenvalue weighted by Gasteiger charge is -2.26. The van der Waals surface area contributed by atoms with Gasteiger partial charge in [0.05, 0.1) is 17.0 Å². The van der Waals surface area contributed by atoms with E-state index in [-0.39, 0.29) is 4.90 Å². The summed E-state index contributed by atoms with van der Waals surface area (Å²) in [7, 11) is -3.77. The molecular formula is C20H19ClN2O2S. The van der Waals surface area contributed by atoms with Gasteiger partial charge in [-0.3, -0.25) is 0 Å². The fraction of sp³-hybridized carbons (Fsp3) is 0.100. The van der Waals surface area contributed by atoms with E-state index in [9.17, 15) is 8.42 Å². The summed E-state index contributed by atoms with van der Waals surface area (Å²) in [5, 5.41) is 0.476. The van der Waals surface area contributed by atoms with E-state index in [4.69, 9.17) is 17.3 Å². The maximum absolute atomic E-state index is 12.9. The molecule has 4 nitrogen and oxygen atoms in total. The van der Waals surface area contributed by atoms with Crippen LogP contribution in [0.15, 0.2) is 89.8 Å². The molecule has 2 atom stereocenters. The highest BCUT2D eigenvalue weighted by molar-refractivity contribution is 7.89. The molecule has 3 aromatic carbocycles. The van der Waals surface area contributed by atoms with E-state index in [1.807, 2.05) is 60.7 Å². The number of benzene rings is 3. The molecule has 0 aromatic heterocycles. The Morgan fingerprint density at radius 2 is 1.27 bits per heavy atom. The van der Waals surface area contributed by atoms with E-state index < -0.39 is 22.1 Å². The lowest BCUT2D eigenvalue weighted by atomic mass is 9.95. The van der Waals surface area contributed by atoms with Crippen molar-refractivity contribution in [1.29, 1.82) is 0 Å². The predicted molar refractivity (Wildman–Crippen MR) is 104 cm³/mol. The third-order valence-corrected chi connectivity index (χ3v) is 5.82. The number of hydrogen-bond donors (Lipinski definition) is 2. The molecule has 0 bridgehead atoms. The molecule has 0 aliphatic heterocycles. The van der Waals surface area contributed by atoms with Crippen molar-refractivity contribution < 1.29 is 8.42 Å². The molecule has 0 aliphatic carbocycles. The molecule has 0 unspecified atom stereocenters. The van der Waals surface area contributed by atoms with Gasteiger partial charge in [-0.05, 0) is 35.4 Å². The highest BCUT2D eigenvalue weighted by Crippen LogP contribution is 2.28. The van der Waals surface area contributed by atoms with Crippen molar-refractivity contribution in [3.8, 4) is 0 Å². The molecule has 0 saturated carbocycles. The first kappa shape index (κ1) is 18.6. The zero-order valence-corrected chi connectivity index (χ0v) is 15.5. The second kappa shape index (κ2) is 8.01. The van der Waals surface area contributed by atoms with Gasteiger partial charge in [-0.25, -0.2) is 13.1 Å². The van der Waals surface area contributed by atoms with Gasteiger partial charge < -0.3 is 5.73 Å². The topological polar surface area (TPSA) is 72.2 Å². The molecule has 0 fully saturated rings. The van der Waals surface area contributed by atoms with Gasteiger partial charge in [0.1, 0.15) is 0 Å². The average molecular weight is 387 g/mol. The van der Waals surface area contributed by atoms with Crippen LogP contribution in [-0.4, -0.2) is 8.42 Å². The SMILES string of the molecule is N[C@H](c1ccccc1)[C@H](NS(=O)(=O)c1ccc(Cl)cc1)c1ccccc1. The van der Waals surface area contributed by atoms with Crippen LogP contribution < -0.4 is 10.5 Å². The zero-order valence-electron chi connectivity index (χ0n) is 13.9. The minimum atomic E-state index is -3.77. The number of nitrogens with one attached hydrogen (secondary N) is 1. The number of hydrogen-bond acceptors (Lipinski definition) is 3. The van der Waals surface area contributed by atoms with Crippen LogP contribution in [0.1, 0.15) is 23.2 Å². The summed E-state index contributed by atoms with van der Waals surface area (Å²) >= 11 is 5.86. The maximum Gasteiger partial charge on any atom is 0.241 e. The summed E-state index contributed by atoms with van der Waals surface area (Å²) in [5.74, 6) is 0. The van der Waals surface area contributed by atoms with Crippen molar-refractivity contribution in [1.82, 2.24) is 4.72 Å². The fourth-order valence-electron chi connectivity index (χ4n) is 2.73. The quantitative estimate of drug-likeness (QED) is 0.671. The number of sulfonamides is 1. The number of halogens is 1. The summed E-state index contributed by atoms with van der Waals surface area (Å²) in [4.78, 5) is 0.142. The van der Waals surface area contributed by atoms with E-state index >= 15 is 0 Å². The van der Waals surface area contributed by atoms with Gasteiger partial charge in [0.25, 0.3) is 0 Å². The molecule has 26 heavy (non-hydrogen) atoms. The van der Waals surface area contributed by atoms with E-state index in [0.717, 1.165) is 11.1 Å². The second-order valence-electron chi connectivity index (χ2n) is 5.90. The number of nitrogens with two attached hydrogens (primary N) is 1. The Bertz CT molecular complexity index is 946. The van der Waals surface area contributed by atoms with Gasteiger partial charge in [0.15, 0.2) is 0 Å². The first-order chi connectivity index (χ1) is 12.5. The third-order valence-electron chi connectivity index (χ3n) is 4.11. The van der Waals surface area contributed by atoms with E-state index in [2.05, 4.69) is 4.72 Å².